The van der Waals surface area contributed by atoms with Crippen LogP contribution in [0.2, 0.25) is 0 Å². The van der Waals surface area contributed by atoms with Gasteiger partial charge in [-0.2, -0.15) is 9.37 Å². The van der Waals surface area contributed by atoms with Gasteiger partial charge in [0, 0.05) is 41.3 Å². The second-order valence-electron chi connectivity index (χ2n) is 7.54. The van der Waals surface area contributed by atoms with Crippen LogP contribution in [0.1, 0.15) is 27.0 Å². The Bertz CT molecular complexity index is 1420. The molecule has 11 heteroatoms. The number of primary amides is 1. The molecule has 0 saturated carbocycles. The van der Waals surface area contributed by atoms with Gasteiger partial charge in [0.05, 0.1) is 11.2 Å². The van der Waals surface area contributed by atoms with Crippen LogP contribution < -0.4 is 21.3 Å². The number of anilines is 3. The Morgan fingerprint density at radius 2 is 2.09 bits per heavy atom. The van der Waals surface area contributed by atoms with E-state index in [0.717, 1.165) is 27.4 Å². The second-order valence-corrected chi connectivity index (χ2v) is 8.59. The number of thiophene rings is 1. The molecule has 1 atom stereocenters. The summed E-state index contributed by atoms with van der Waals surface area (Å²) in [4.78, 5) is 38.3. The second kappa shape index (κ2) is 7.38. The van der Waals surface area contributed by atoms with E-state index in [1.807, 2.05) is 25.1 Å². The van der Waals surface area contributed by atoms with Crippen LogP contribution in [0.15, 0.2) is 30.5 Å². The van der Waals surface area contributed by atoms with E-state index in [1.54, 1.807) is 13.1 Å². The van der Waals surface area contributed by atoms with Crippen LogP contribution in [0.5, 0.6) is 0 Å². The Morgan fingerprint density at radius 3 is 2.88 bits per heavy atom. The van der Waals surface area contributed by atoms with Gasteiger partial charge >= 0.3 is 6.08 Å². The first-order valence-corrected chi connectivity index (χ1v) is 10.6. The normalized spacial score (nSPS) is 15.7. The van der Waals surface area contributed by atoms with Crippen LogP contribution >= 0.6 is 11.3 Å². The highest BCUT2D eigenvalue weighted by molar-refractivity contribution is 7.21. The maximum atomic E-state index is 13.7. The molecule has 0 saturated heterocycles. The zero-order valence-electron chi connectivity index (χ0n) is 17.1. The van der Waals surface area contributed by atoms with Crippen LogP contribution in [0.4, 0.5) is 21.7 Å². The minimum atomic E-state index is -0.973. The minimum absolute atomic E-state index is 0.0122. The fraction of sp³-hybridized carbons (Fsp3) is 0.190. The van der Waals surface area contributed by atoms with Crippen molar-refractivity contribution in [2.24, 2.45) is 5.73 Å². The monoisotopic (exact) mass is 451 g/mol. The number of benzene rings is 1. The molecule has 0 unspecified atom stereocenters. The number of fused-ring (bicyclic) bond motifs is 5. The molecule has 0 aliphatic carbocycles. The highest BCUT2D eigenvalue weighted by Gasteiger charge is 2.25. The van der Waals surface area contributed by atoms with Gasteiger partial charge in [-0.05, 0) is 31.2 Å². The number of rotatable bonds is 3. The number of halogens is 1. The molecule has 0 fully saturated rings. The maximum absolute atomic E-state index is 13.7. The summed E-state index contributed by atoms with van der Waals surface area (Å²) in [7, 11) is 1.62. The van der Waals surface area contributed by atoms with Crippen molar-refractivity contribution in [1.29, 1.82) is 0 Å². The Labute approximate surface area is 185 Å². The van der Waals surface area contributed by atoms with Gasteiger partial charge in [-0.25, -0.2) is 9.97 Å². The third kappa shape index (κ3) is 3.17. The number of carbonyl (C=O) groups is 2. The molecule has 9 nitrogen and oxygen atoms in total. The Morgan fingerprint density at radius 1 is 1.28 bits per heavy atom. The third-order valence-electron chi connectivity index (χ3n) is 5.34. The van der Waals surface area contributed by atoms with E-state index in [0.29, 0.717) is 22.8 Å². The summed E-state index contributed by atoms with van der Waals surface area (Å²) in [5.74, 6) is -0.400. The number of amides is 2. The quantitative estimate of drug-likeness (QED) is 0.409. The fourth-order valence-electron chi connectivity index (χ4n) is 3.79. The lowest BCUT2D eigenvalue weighted by atomic mass is 10.1. The van der Waals surface area contributed by atoms with Gasteiger partial charge in [-0.3, -0.25) is 9.59 Å². The standard InChI is InChI=1S/C21H18FN7O2S/c1-9-7-24-16-15-10-3-6-14(29(2)19-11(18(23)30)8-25-21(22)28-19)27-12(10)4-5-13(15)32-17(16)20(31)26-9/h3-6,8-9,24H,7H2,1-2H3,(H2,23,30)(H,26,31)/t9-/m1/s1. The van der Waals surface area contributed by atoms with Gasteiger partial charge in [0.15, 0.2) is 5.82 Å². The molecule has 4 heterocycles. The van der Waals surface area contributed by atoms with Crippen molar-refractivity contribution in [3.05, 3.63) is 47.0 Å². The van der Waals surface area contributed by atoms with Crippen LogP contribution in [-0.2, 0) is 0 Å². The average molecular weight is 451 g/mol. The van der Waals surface area contributed by atoms with Crippen molar-refractivity contribution in [2.45, 2.75) is 13.0 Å². The molecule has 1 aliphatic rings. The van der Waals surface area contributed by atoms with Crippen LogP contribution in [0, 0.1) is 6.08 Å². The number of carbonyl (C=O) groups excluding carboxylic acids is 2. The number of nitrogens with zero attached hydrogens (tertiary/aromatic N) is 4. The molecule has 0 radical (unpaired) electrons. The number of aromatic nitrogens is 3. The molecule has 0 spiro atoms. The first-order chi connectivity index (χ1) is 15.3. The molecule has 2 amide bonds. The topological polar surface area (TPSA) is 126 Å². The van der Waals surface area contributed by atoms with E-state index < -0.39 is 12.0 Å². The van der Waals surface area contributed by atoms with E-state index in [1.165, 1.54) is 16.2 Å². The van der Waals surface area contributed by atoms with Gasteiger partial charge in [0.1, 0.15) is 16.3 Å². The van der Waals surface area contributed by atoms with Crippen molar-refractivity contribution < 1.29 is 14.0 Å². The number of pyridine rings is 1. The van der Waals surface area contributed by atoms with E-state index in [4.69, 9.17) is 5.73 Å². The lowest BCUT2D eigenvalue weighted by Gasteiger charge is -2.19. The Balaban J connectivity index is 1.65. The van der Waals surface area contributed by atoms with Gasteiger partial charge < -0.3 is 21.3 Å². The highest BCUT2D eigenvalue weighted by Crippen LogP contribution is 2.41. The SMILES string of the molecule is C[C@@H]1CNc2c(sc3ccc4nc(N(C)c5nc(F)ncc5C(N)=O)ccc4c23)C(=O)N1. The van der Waals surface area contributed by atoms with Crippen LogP contribution in [0.25, 0.3) is 21.0 Å². The average Bonchev–Trinajstić information content (AvgIpc) is 3.09. The lowest BCUT2D eigenvalue weighted by Crippen LogP contribution is -2.34. The predicted molar refractivity (Wildman–Crippen MR) is 121 cm³/mol. The van der Waals surface area contributed by atoms with Crippen molar-refractivity contribution in [2.75, 3.05) is 23.8 Å². The molecule has 1 aliphatic heterocycles. The van der Waals surface area contributed by atoms with E-state index in [2.05, 4.69) is 25.6 Å². The van der Waals surface area contributed by atoms with Gasteiger partial charge in [0.2, 0.25) is 0 Å². The molecule has 32 heavy (non-hydrogen) atoms. The van der Waals surface area contributed by atoms with Gasteiger partial charge in [-0.1, -0.05) is 0 Å². The smallest absolute Gasteiger partial charge is 0.310 e. The molecule has 162 valence electrons. The first-order valence-electron chi connectivity index (χ1n) is 9.80. The van der Waals surface area contributed by atoms with E-state index >= 15 is 0 Å². The summed E-state index contributed by atoms with van der Waals surface area (Å²) in [5, 5.41) is 8.16. The molecular weight excluding hydrogens is 433 g/mol. The molecular formula is C21H18FN7O2S. The zero-order valence-corrected chi connectivity index (χ0v) is 18.0. The van der Waals surface area contributed by atoms with Crippen LogP contribution in [0.3, 0.4) is 0 Å². The Kier molecular flexibility index (Phi) is 4.63. The van der Waals surface area contributed by atoms with E-state index in [9.17, 15) is 14.0 Å². The number of hydrogen-bond donors (Lipinski definition) is 3. The maximum Gasteiger partial charge on any atom is 0.310 e. The van der Waals surface area contributed by atoms with Crippen molar-refractivity contribution >= 4 is 61.5 Å². The van der Waals surface area contributed by atoms with Crippen molar-refractivity contribution in [3.63, 3.8) is 0 Å². The van der Waals surface area contributed by atoms with Crippen molar-refractivity contribution in [1.82, 2.24) is 20.3 Å². The third-order valence-corrected chi connectivity index (χ3v) is 6.50. The zero-order chi connectivity index (χ0) is 22.6. The summed E-state index contributed by atoms with van der Waals surface area (Å²) in [6.07, 6.45) is 0.0817. The summed E-state index contributed by atoms with van der Waals surface area (Å²) in [6, 6.07) is 7.43. The lowest BCUT2D eigenvalue weighted by molar-refractivity contribution is 0.0948. The number of nitrogens with one attached hydrogen (secondary N) is 2. The molecule has 0 bridgehead atoms. The highest BCUT2D eigenvalue weighted by atomic mass is 32.1. The molecule has 3 aromatic heterocycles. The molecule has 4 aromatic rings. The largest absolute Gasteiger partial charge is 0.381 e. The van der Waals surface area contributed by atoms with E-state index in [-0.39, 0.29) is 23.3 Å². The minimum Gasteiger partial charge on any atom is -0.381 e. The fourth-order valence-corrected chi connectivity index (χ4v) is 4.89. The predicted octanol–water partition coefficient (Wildman–Crippen LogP) is 2.79. The number of nitrogens with two attached hydrogens (primary N) is 1. The van der Waals surface area contributed by atoms with Gasteiger partial charge in [0.25, 0.3) is 11.8 Å². The summed E-state index contributed by atoms with van der Waals surface area (Å²) in [5.41, 5.74) is 6.86. The Hall–Kier alpha value is -3.86. The summed E-state index contributed by atoms with van der Waals surface area (Å²) < 4.78 is 14.6. The van der Waals surface area contributed by atoms with Crippen LogP contribution in [-0.4, -0.2) is 46.4 Å². The number of hydrogen-bond acceptors (Lipinski definition) is 8. The van der Waals surface area contributed by atoms with Crippen molar-refractivity contribution in [3.8, 4) is 0 Å². The summed E-state index contributed by atoms with van der Waals surface area (Å²) in [6.45, 7) is 2.56. The molecule has 5 rings (SSSR count). The van der Waals surface area contributed by atoms with Gasteiger partial charge in [-0.15, -0.1) is 11.3 Å². The molecule has 1 aromatic carbocycles. The summed E-state index contributed by atoms with van der Waals surface area (Å²) >= 11 is 1.43. The molecule has 4 N–H and O–H groups in total. The first kappa shape index (κ1) is 20.1.